The molecule has 2 aromatic rings. The second kappa shape index (κ2) is 4.68. The van der Waals surface area contributed by atoms with Crippen LogP contribution >= 0.6 is 11.6 Å². The minimum absolute atomic E-state index is 0.0487. The number of aromatic nitrogens is 2. The highest BCUT2D eigenvalue weighted by atomic mass is 35.5. The van der Waals surface area contributed by atoms with Gasteiger partial charge in [0, 0.05) is 18.3 Å². The van der Waals surface area contributed by atoms with Gasteiger partial charge in [0.2, 0.25) is 0 Å². The average molecular weight is 237 g/mol. The molecule has 0 atom stereocenters. The number of aliphatic hydroxyl groups is 1. The molecular formula is C12H13ClN2O. The van der Waals surface area contributed by atoms with E-state index in [1.807, 2.05) is 35.9 Å². The van der Waals surface area contributed by atoms with Gasteiger partial charge in [-0.15, -0.1) is 0 Å². The number of aryl methyl sites for hydroxylation is 1. The van der Waals surface area contributed by atoms with Gasteiger partial charge in [0.25, 0.3) is 0 Å². The fraction of sp³-hybridized carbons (Fsp3) is 0.250. The van der Waals surface area contributed by atoms with Gasteiger partial charge in [-0.05, 0) is 18.6 Å². The number of nitrogens with zero attached hydrogens (tertiary/aromatic N) is 2. The molecule has 0 aliphatic heterocycles. The maximum Gasteiger partial charge on any atom is 0.0697 e. The Kier molecular flexibility index (Phi) is 3.27. The maximum absolute atomic E-state index is 9.16. The second-order valence-electron chi connectivity index (χ2n) is 3.47. The van der Waals surface area contributed by atoms with Gasteiger partial charge >= 0.3 is 0 Å². The second-order valence-corrected chi connectivity index (χ2v) is 3.85. The molecule has 0 aliphatic carbocycles. The van der Waals surface area contributed by atoms with Crippen molar-refractivity contribution in [3.63, 3.8) is 0 Å². The highest BCUT2D eigenvalue weighted by molar-refractivity contribution is 6.34. The molecule has 0 spiro atoms. The van der Waals surface area contributed by atoms with Crippen LogP contribution in [0.4, 0.5) is 0 Å². The summed E-state index contributed by atoms with van der Waals surface area (Å²) in [5.74, 6) is 0. The molecule has 0 unspecified atom stereocenters. The van der Waals surface area contributed by atoms with Crippen LogP contribution in [0, 0.1) is 0 Å². The zero-order valence-corrected chi connectivity index (χ0v) is 9.78. The van der Waals surface area contributed by atoms with Crippen LogP contribution in [0.1, 0.15) is 12.5 Å². The largest absolute Gasteiger partial charge is 0.392 e. The molecule has 16 heavy (non-hydrogen) atoms. The summed E-state index contributed by atoms with van der Waals surface area (Å²) in [5, 5.41) is 14.0. The average Bonchev–Trinajstić information content (AvgIpc) is 2.77. The first kappa shape index (κ1) is 11.2. The lowest BCUT2D eigenvalue weighted by atomic mass is 10.1. The number of halogens is 1. The van der Waals surface area contributed by atoms with E-state index in [4.69, 9.17) is 16.7 Å². The van der Waals surface area contributed by atoms with Crippen molar-refractivity contribution in [3.8, 4) is 11.3 Å². The standard InChI is InChI=1S/C12H13ClN2O/c1-2-15-11(6-7-14-15)10-5-3-4-9(8-16)12(10)13/h3-7,16H,2,8H2,1H3. The van der Waals surface area contributed by atoms with E-state index < -0.39 is 0 Å². The van der Waals surface area contributed by atoms with E-state index in [1.54, 1.807) is 6.20 Å². The Morgan fingerprint density at radius 1 is 1.38 bits per heavy atom. The van der Waals surface area contributed by atoms with Gasteiger partial charge in [-0.3, -0.25) is 4.68 Å². The van der Waals surface area contributed by atoms with Crippen molar-refractivity contribution in [2.24, 2.45) is 0 Å². The van der Waals surface area contributed by atoms with Crippen LogP contribution in [0.15, 0.2) is 30.5 Å². The Morgan fingerprint density at radius 3 is 2.88 bits per heavy atom. The van der Waals surface area contributed by atoms with Gasteiger partial charge < -0.3 is 5.11 Å². The summed E-state index contributed by atoms with van der Waals surface area (Å²) in [7, 11) is 0. The molecule has 0 saturated heterocycles. The Morgan fingerprint density at radius 2 is 2.19 bits per heavy atom. The Balaban J connectivity index is 2.56. The van der Waals surface area contributed by atoms with Gasteiger partial charge in [-0.1, -0.05) is 29.8 Å². The third-order valence-electron chi connectivity index (χ3n) is 2.54. The molecule has 1 aromatic heterocycles. The van der Waals surface area contributed by atoms with Crippen molar-refractivity contribution in [1.29, 1.82) is 0 Å². The topological polar surface area (TPSA) is 38.0 Å². The summed E-state index contributed by atoms with van der Waals surface area (Å²) in [6.45, 7) is 2.77. The lowest BCUT2D eigenvalue weighted by Crippen LogP contribution is -1.99. The summed E-state index contributed by atoms with van der Waals surface area (Å²) in [4.78, 5) is 0. The van der Waals surface area contributed by atoms with Crippen LogP contribution in [0.3, 0.4) is 0 Å². The lowest BCUT2D eigenvalue weighted by molar-refractivity contribution is 0.282. The van der Waals surface area contributed by atoms with Gasteiger partial charge in [-0.25, -0.2) is 0 Å². The van der Waals surface area contributed by atoms with Crippen LogP contribution in [0.5, 0.6) is 0 Å². The summed E-state index contributed by atoms with van der Waals surface area (Å²) in [6, 6.07) is 7.56. The van der Waals surface area contributed by atoms with Crippen molar-refractivity contribution >= 4 is 11.6 Å². The Labute approximate surface area is 99.3 Å². The monoisotopic (exact) mass is 236 g/mol. The van der Waals surface area contributed by atoms with Gasteiger partial charge in [-0.2, -0.15) is 5.10 Å². The molecule has 0 radical (unpaired) electrons. The molecule has 0 saturated carbocycles. The predicted molar refractivity (Wildman–Crippen MR) is 64.3 cm³/mol. The van der Waals surface area contributed by atoms with Crippen molar-refractivity contribution in [1.82, 2.24) is 9.78 Å². The van der Waals surface area contributed by atoms with Crippen molar-refractivity contribution in [2.75, 3.05) is 0 Å². The third-order valence-corrected chi connectivity index (χ3v) is 2.99. The zero-order chi connectivity index (χ0) is 11.5. The van der Waals surface area contributed by atoms with Crippen molar-refractivity contribution in [2.45, 2.75) is 20.1 Å². The lowest BCUT2D eigenvalue weighted by Gasteiger charge is -2.09. The van der Waals surface area contributed by atoms with Crippen LogP contribution in [0.2, 0.25) is 5.02 Å². The molecule has 0 bridgehead atoms. The minimum Gasteiger partial charge on any atom is -0.392 e. The molecule has 0 amide bonds. The first-order chi connectivity index (χ1) is 7.77. The van der Waals surface area contributed by atoms with Crippen LogP contribution in [-0.4, -0.2) is 14.9 Å². The van der Waals surface area contributed by atoms with Crippen LogP contribution in [-0.2, 0) is 13.2 Å². The van der Waals surface area contributed by atoms with Gasteiger partial charge in [0.05, 0.1) is 17.3 Å². The SMILES string of the molecule is CCn1nccc1-c1cccc(CO)c1Cl. The summed E-state index contributed by atoms with van der Waals surface area (Å²) in [6.07, 6.45) is 1.75. The van der Waals surface area contributed by atoms with E-state index in [-0.39, 0.29) is 6.61 Å². The normalized spacial score (nSPS) is 10.7. The van der Waals surface area contributed by atoms with Crippen LogP contribution < -0.4 is 0 Å². The van der Waals surface area contributed by atoms with Crippen molar-refractivity contribution in [3.05, 3.63) is 41.0 Å². The number of rotatable bonds is 3. The van der Waals surface area contributed by atoms with E-state index >= 15 is 0 Å². The maximum atomic E-state index is 9.16. The number of aliphatic hydroxyl groups excluding tert-OH is 1. The number of hydrogen-bond donors (Lipinski definition) is 1. The molecule has 4 heteroatoms. The van der Waals surface area contributed by atoms with E-state index in [9.17, 15) is 0 Å². The fourth-order valence-electron chi connectivity index (χ4n) is 1.71. The molecule has 2 rings (SSSR count). The van der Waals surface area contributed by atoms with E-state index in [0.29, 0.717) is 5.02 Å². The Bertz CT molecular complexity index is 494. The molecule has 84 valence electrons. The first-order valence-electron chi connectivity index (χ1n) is 5.18. The molecule has 1 aromatic carbocycles. The minimum atomic E-state index is -0.0487. The number of benzene rings is 1. The Hall–Kier alpha value is -1.32. The molecule has 0 aliphatic rings. The molecular weight excluding hydrogens is 224 g/mol. The summed E-state index contributed by atoms with van der Waals surface area (Å²) >= 11 is 6.23. The third kappa shape index (κ3) is 1.84. The molecule has 0 fully saturated rings. The summed E-state index contributed by atoms with van der Waals surface area (Å²) < 4.78 is 1.88. The highest BCUT2D eigenvalue weighted by Crippen LogP contribution is 2.30. The van der Waals surface area contributed by atoms with E-state index in [1.165, 1.54) is 0 Å². The molecule has 1 heterocycles. The molecule has 1 N–H and O–H groups in total. The summed E-state index contributed by atoms with van der Waals surface area (Å²) in [5.41, 5.74) is 2.62. The zero-order valence-electron chi connectivity index (χ0n) is 9.02. The highest BCUT2D eigenvalue weighted by Gasteiger charge is 2.10. The fourth-order valence-corrected chi connectivity index (χ4v) is 2.00. The molecule has 3 nitrogen and oxygen atoms in total. The predicted octanol–water partition coefficient (Wildman–Crippen LogP) is 2.72. The van der Waals surface area contributed by atoms with Gasteiger partial charge in [0.15, 0.2) is 0 Å². The van der Waals surface area contributed by atoms with Gasteiger partial charge in [0.1, 0.15) is 0 Å². The quantitative estimate of drug-likeness (QED) is 0.890. The van der Waals surface area contributed by atoms with Crippen molar-refractivity contribution < 1.29 is 5.11 Å². The van der Waals surface area contributed by atoms with E-state index in [0.717, 1.165) is 23.4 Å². The van der Waals surface area contributed by atoms with Crippen LogP contribution in [0.25, 0.3) is 11.3 Å². The number of hydrogen-bond acceptors (Lipinski definition) is 2. The van der Waals surface area contributed by atoms with E-state index in [2.05, 4.69) is 5.10 Å². The first-order valence-corrected chi connectivity index (χ1v) is 5.56. The smallest absolute Gasteiger partial charge is 0.0697 e.